The Labute approximate surface area is 112 Å². The van der Waals surface area contributed by atoms with Crippen molar-refractivity contribution in [3.05, 3.63) is 34.9 Å². The van der Waals surface area contributed by atoms with Gasteiger partial charge in [-0.15, -0.1) is 0 Å². The highest BCUT2D eigenvalue weighted by molar-refractivity contribution is 6.31. The van der Waals surface area contributed by atoms with E-state index >= 15 is 0 Å². The first-order valence-electron chi connectivity index (χ1n) is 5.98. The van der Waals surface area contributed by atoms with E-state index in [0.717, 1.165) is 5.56 Å². The molecule has 0 spiro atoms. The lowest BCUT2D eigenvalue weighted by Gasteiger charge is -2.08. The van der Waals surface area contributed by atoms with E-state index in [9.17, 15) is 4.79 Å². The van der Waals surface area contributed by atoms with E-state index in [4.69, 9.17) is 16.7 Å². The molecule has 4 nitrogen and oxygen atoms in total. The van der Waals surface area contributed by atoms with Gasteiger partial charge < -0.3 is 15.7 Å². The normalized spacial score (nSPS) is 12.2. The SMILES string of the molecule is CC(O)CNCCNC(=O)Cc1ccccc1Cl. The zero-order chi connectivity index (χ0) is 13.4. The summed E-state index contributed by atoms with van der Waals surface area (Å²) in [6, 6.07) is 7.31. The quantitative estimate of drug-likeness (QED) is 0.647. The van der Waals surface area contributed by atoms with Crippen LogP contribution in [-0.2, 0) is 11.2 Å². The Morgan fingerprint density at radius 3 is 2.78 bits per heavy atom. The number of hydrogen-bond donors (Lipinski definition) is 3. The van der Waals surface area contributed by atoms with Gasteiger partial charge in [0.1, 0.15) is 0 Å². The maximum Gasteiger partial charge on any atom is 0.224 e. The summed E-state index contributed by atoms with van der Waals surface area (Å²) in [6.07, 6.45) is -0.0837. The Hall–Kier alpha value is -1.10. The minimum Gasteiger partial charge on any atom is -0.392 e. The second-order valence-electron chi connectivity index (χ2n) is 4.17. The van der Waals surface area contributed by atoms with Crippen LogP contribution in [0.25, 0.3) is 0 Å². The number of aliphatic hydroxyl groups is 1. The third-order valence-corrected chi connectivity index (χ3v) is 2.74. The van der Waals surface area contributed by atoms with E-state index in [1.54, 1.807) is 13.0 Å². The fourth-order valence-electron chi connectivity index (χ4n) is 1.48. The van der Waals surface area contributed by atoms with E-state index in [0.29, 0.717) is 24.7 Å². The molecule has 0 bridgehead atoms. The topological polar surface area (TPSA) is 61.4 Å². The fraction of sp³-hybridized carbons (Fsp3) is 0.462. The van der Waals surface area contributed by atoms with Crippen molar-refractivity contribution < 1.29 is 9.90 Å². The molecule has 0 aliphatic heterocycles. The number of nitrogens with one attached hydrogen (secondary N) is 2. The fourth-order valence-corrected chi connectivity index (χ4v) is 1.68. The Balaban J connectivity index is 2.20. The van der Waals surface area contributed by atoms with E-state index in [1.807, 2.05) is 18.2 Å². The molecule has 100 valence electrons. The van der Waals surface area contributed by atoms with Crippen LogP contribution in [0.4, 0.5) is 0 Å². The first kappa shape index (κ1) is 15.0. The summed E-state index contributed by atoms with van der Waals surface area (Å²) < 4.78 is 0. The van der Waals surface area contributed by atoms with Crippen LogP contribution in [0.5, 0.6) is 0 Å². The summed E-state index contributed by atoms with van der Waals surface area (Å²) >= 11 is 5.97. The van der Waals surface area contributed by atoms with Gasteiger partial charge in [-0.05, 0) is 18.6 Å². The van der Waals surface area contributed by atoms with Crippen LogP contribution >= 0.6 is 11.6 Å². The molecule has 1 atom stereocenters. The molecule has 0 radical (unpaired) electrons. The van der Waals surface area contributed by atoms with Crippen molar-refractivity contribution in [2.24, 2.45) is 0 Å². The van der Waals surface area contributed by atoms with Gasteiger partial charge in [-0.1, -0.05) is 29.8 Å². The van der Waals surface area contributed by atoms with Gasteiger partial charge in [-0.25, -0.2) is 0 Å². The first-order chi connectivity index (χ1) is 8.59. The van der Waals surface area contributed by atoms with Gasteiger partial charge in [0.15, 0.2) is 0 Å². The number of benzene rings is 1. The molecule has 0 heterocycles. The maximum atomic E-state index is 11.6. The van der Waals surface area contributed by atoms with Crippen LogP contribution in [0.1, 0.15) is 12.5 Å². The van der Waals surface area contributed by atoms with Crippen molar-refractivity contribution in [3.8, 4) is 0 Å². The number of carbonyl (C=O) groups is 1. The number of halogens is 1. The van der Waals surface area contributed by atoms with Crippen molar-refractivity contribution >= 4 is 17.5 Å². The Morgan fingerprint density at radius 1 is 1.39 bits per heavy atom. The van der Waals surface area contributed by atoms with Gasteiger partial charge >= 0.3 is 0 Å². The number of rotatable bonds is 7. The van der Waals surface area contributed by atoms with Crippen LogP contribution in [-0.4, -0.2) is 36.8 Å². The predicted molar refractivity (Wildman–Crippen MR) is 72.7 cm³/mol. The molecule has 18 heavy (non-hydrogen) atoms. The summed E-state index contributed by atoms with van der Waals surface area (Å²) in [4.78, 5) is 11.6. The maximum absolute atomic E-state index is 11.6. The second kappa shape index (κ2) is 8.08. The zero-order valence-corrected chi connectivity index (χ0v) is 11.2. The standard InChI is InChI=1S/C13H19ClN2O2/c1-10(17)9-15-6-7-16-13(18)8-11-4-2-3-5-12(11)14/h2-5,10,15,17H,6-9H2,1H3,(H,16,18). The first-order valence-corrected chi connectivity index (χ1v) is 6.36. The van der Waals surface area contributed by atoms with E-state index in [2.05, 4.69) is 10.6 Å². The van der Waals surface area contributed by atoms with E-state index < -0.39 is 0 Å². The van der Waals surface area contributed by atoms with Crippen molar-refractivity contribution in [2.75, 3.05) is 19.6 Å². The van der Waals surface area contributed by atoms with Gasteiger partial charge in [0.2, 0.25) is 5.91 Å². The minimum absolute atomic E-state index is 0.0538. The van der Waals surface area contributed by atoms with E-state index in [1.165, 1.54) is 0 Å². The summed E-state index contributed by atoms with van der Waals surface area (Å²) in [7, 11) is 0. The lowest BCUT2D eigenvalue weighted by atomic mass is 10.1. The van der Waals surface area contributed by atoms with Crippen molar-refractivity contribution in [1.29, 1.82) is 0 Å². The Morgan fingerprint density at radius 2 is 2.11 bits per heavy atom. The average molecular weight is 271 g/mol. The summed E-state index contributed by atoms with van der Waals surface area (Å²) in [5.41, 5.74) is 0.827. The monoisotopic (exact) mass is 270 g/mol. The summed E-state index contributed by atoms with van der Waals surface area (Å²) in [6.45, 7) is 3.42. The predicted octanol–water partition coefficient (Wildman–Crippen LogP) is 0.969. The van der Waals surface area contributed by atoms with Crippen molar-refractivity contribution in [2.45, 2.75) is 19.4 Å². The molecule has 1 rings (SSSR count). The Bertz CT molecular complexity index is 383. The largest absolute Gasteiger partial charge is 0.392 e. The molecule has 1 amide bonds. The molecular formula is C13H19ClN2O2. The zero-order valence-electron chi connectivity index (χ0n) is 10.4. The van der Waals surface area contributed by atoms with Gasteiger partial charge in [0.05, 0.1) is 12.5 Å². The van der Waals surface area contributed by atoms with Gasteiger partial charge in [-0.2, -0.15) is 0 Å². The number of amides is 1. The van der Waals surface area contributed by atoms with Gasteiger partial charge in [0.25, 0.3) is 0 Å². The van der Waals surface area contributed by atoms with Crippen LogP contribution in [0.15, 0.2) is 24.3 Å². The third-order valence-electron chi connectivity index (χ3n) is 2.37. The molecule has 0 aliphatic carbocycles. The van der Waals surface area contributed by atoms with Gasteiger partial charge in [0, 0.05) is 24.7 Å². The second-order valence-corrected chi connectivity index (χ2v) is 4.58. The Kier molecular flexibility index (Phi) is 6.72. The van der Waals surface area contributed by atoms with E-state index in [-0.39, 0.29) is 18.4 Å². The molecule has 3 N–H and O–H groups in total. The molecular weight excluding hydrogens is 252 g/mol. The number of carbonyl (C=O) groups excluding carboxylic acids is 1. The smallest absolute Gasteiger partial charge is 0.224 e. The molecule has 1 aromatic carbocycles. The van der Waals surface area contributed by atoms with Crippen LogP contribution in [0.2, 0.25) is 5.02 Å². The minimum atomic E-state index is -0.371. The van der Waals surface area contributed by atoms with Crippen LogP contribution in [0, 0.1) is 0 Å². The van der Waals surface area contributed by atoms with Gasteiger partial charge in [-0.3, -0.25) is 4.79 Å². The van der Waals surface area contributed by atoms with Crippen LogP contribution < -0.4 is 10.6 Å². The lowest BCUT2D eigenvalue weighted by Crippen LogP contribution is -2.35. The lowest BCUT2D eigenvalue weighted by molar-refractivity contribution is -0.120. The molecule has 1 unspecified atom stereocenters. The molecule has 5 heteroatoms. The molecule has 1 aromatic rings. The highest BCUT2D eigenvalue weighted by Gasteiger charge is 2.05. The molecule has 0 aromatic heterocycles. The highest BCUT2D eigenvalue weighted by atomic mass is 35.5. The molecule has 0 fully saturated rings. The molecule has 0 saturated heterocycles. The third kappa shape index (κ3) is 6.00. The summed E-state index contributed by atoms with van der Waals surface area (Å²) in [5, 5.41) is 15.4. The molecule has 0 aliphatic rings. The number of aliphatic hydroxyl groups excluding tert-OH is 1. The van der Waals surface area contributed by atoms with Crippen molar-refractivity contribution in [1.82, 2.24) is 10.6 Å². The molecule has 0 saturated carbocycles. The van der Waals surface area contributed by atoms with Crippen molar-refractivity contribution in [3.63, 3.8) is 0 Å². The highest BCUT2D eigenvalue weighted by Crippen LogP contribution is 2.14. The number of hydrogen-bond acceptors (Lipinski definition) is 3. The average Bonchev–Trinajstić information content (AvgIpc) is 2.31. The summed E-state index contributed by atoms with van der Waals surface area (Å²) in [5.74, 6) is -0.0538. The van der Waals surface area contributed by atoms with Crippen LogP contribution in [0.3, 0.4) is 0 Å².